The molecule has 1 unspecified atom stereocenters. The lowest BCUT2D eigenvalue weighted by molar-refractivity contribution is 0.405. The van der Waals surface area contributed by atoms with Crippen LogP contribution in [0.3, 0.4) is 0 Å². The Balaban J connectivity index is 2.35. The van der Waals surface area contributed by atoms with Crippen molar-refractivity contribution >= 4 is 21.6 Å². The zero-order valence-electron chi connectivity index (χ0n) is 11.6. The quantitative estimate of drug-likeness (QED) is 0.439. The molecule has 0 fully saturated rings. The number of benzene rings is 2. The molecule has 0 aliphatic rings. The highest BCUT2D eigenvalue weighted by Crippen LogP contribution is 2.30. The zero-order chi connectivity index (χ0) is 15.4. The molecule has 0 saturated heterocycles. The van der Waals surface area contributed by atoms with Crippen LogP contribution < -0.4 is 21.7 Å². The Morgan fingerprint density at radius 3 is 2.71 bits per heavy atom. The second-order valence-corrected chi connectivity index (χ2v) is 5.57. The van der Waals surface area contributed by atoms with E-state index in [-0.39, 0.29) is 11.9 Å². The normalized spacial score (nSPS) is 12.2. The summed E-state index contributed by atoms with van der Waals surface area (Å²) in [4.78, 5) is 0. The topological polar surface area (TPSA) is 73.3 Å². The van der Waals surface area contributed by atoms with Gasteiger partial charge >= 0.3 is 0 Å². The highest BCUT2D eigenvalue weighted by atomic mass is 79.9. The van der Waals surface area contributed by atoms with E-state index >= 15 is 0 Å². The SMILES string of the molecule is COc1ccc(Br)cc1CC(NN)c1cc(F)ccc1N. The molecule has 21 heavy (non-hydrogen) atoms. The van der Waals surface area contributed by atoms with E-state index in [2.05, 4.69) is 21.4 Å². The highest BCUT2D eigenvalue weighted by Gasteiger charge is 2.17. The van der Waals surface area contributed by atoms with Crippen LogP contribution in [-0.4, -0.2) is 7.11 Å². The van der Waals surface area contributed by atoms with Crippen molar-refractivity contribution in [3.8, 4) is 5.75 Å². The summed E-state index contributed by atoms with van der Waals surface area (Å²) in [5.74, 6) is 6.02. The number of methoxy groups -OCH3 is 1. The number of hydrogen-bond donors (Lipinski definition) is 3. The van der Waals surface area contributed by atoms with E-state index in [0.717, 1.165) is 15.8 Å². The summed E-state index contributed by atoms with van der Waals surface area (Å²) >= 11 is 3.43. The highest BCUT2D eigenvalue weighted by molar-refractivity contribution is 9.10. The molecular formula is C15H17BrFN3O. The molecule has 0 aliphatic heterocycles. The smallest absolute Gasteiger partial charge is 0.123 e. The summed E-state index contributed by atoms with van der Waals surface area (Å²) in [6.07, 6.45) is 0.521. The van der Waals surface area contributed by atoms with Gasteiger partial charge in [0, 0.05) is 10.2 Å². The van der Waals surface area contributed by atoms with Crippen molar-refractivity contribution in [1.29, 1.82) is 0 Å². The maximum absolute atomic E-state index is 13.4. The van der Waals surface area contributed by atoms with Crippen molar-refractivity contribution < 1.29 is 9.13 Å². The van der Waals surface area contributed by atoms with E-state index in [1.807, 2.05) is 18.2 Å². The van der Waals surface area contributed by atoms with Gasteiger partial charge in [0.25, 0.3) is 0 Å². The Labute approximate surface area is 131 Å². The number of rotatable bonds is 5. The van der Waals surface area contributed by atoms with Gasteiger partial charge in [-0.1, -0.05) is 15.9 Å². The van der Waals surface area contributed by atoms with Crippen molar-refractivity contribution in [3.63, 3.8) is 0 Å². The van der Waals surface area contributed by atoms with Gasteiger partial charge in [-0.3, -0.25) is 11.3 Å². The van der Waals surface area contributed by atoms with Gasteiger partial charge in [0.1, 0.15) is 11.6 Å². The fourth-order valence-corrected chi connectivity index (χ4v) is 2.64. The fourth-order valence-electron chi connectivity index (χ4n) is 2.23. The van der Waals surface area contributed by atoms with Crippen molar-refractivity contribution in [2.24, 2.45) is 5.84 Å². The monoisotopic (exact) mass is 353 g/mol. The van der Waals surface area contributed by atoms with E-state index in [1.54, 1.807) is 7.11 Å². The first-order valence-corrected chi connectivity index (χ1v) is 7.18. The Morgan fingerprint density at radius 1 is 1.29 bits per heavy atom. The molecule has 6 heteroatoms. The number of ether oxygens (including phenoxy) is 1. The second kappa shape index (κ2) is 6.89. The number of nitrogens with one attached hydrogen (secondary N) is 1. The Kier molecular flexibility index (Phi) is 5.17. The van der Waals surface area contributed by atoms with Gasteiger partial charge in [0.15, 0.2) is 0 Å². The van der Waals surface area contributed by atoms with Gasteiger partial charge in [0.05, 0.1) is 13.2 Å². The van der Waals surface area contributed by atoms with E-state index in [1.165, 1.54) is 18.2 Å². The number of hydrazine groups is 1. The van der Waals surface area contributed by atoms with Gasteiger partial charge in [-0.2, -0.15) is 0 Å². The summed E-state index contributed by atoms with van der Waals surface area (Å²) in [5, 5.41) is 0. The molecule has 0 spiro atoms. The lowest BCUT2D eigenvalue weighted by Gasteiger charge is -2.20. The molecule has 4 nitrogen and oxygen atoms in total. The van der Waals surface area contributed by atoms with Crippen LogP contribution in [0.15, 0.2) is 40.9 Å². The number of nitrogen functional groups attached to an aromatic ring is 1. The lowest BCUT2D eigenvalue weighted by atomic mass is 9.97. The third kappa shape index (κ3) is 3.72. The lowest BCUT2D eigenvalue weighted by Crippen LogP contribution is -2.30. The summed E-state index contributed by atoms with van der Waals surface area (Å²) in [6, 6.07) is 9.64. The molecule has 2 aromatic rings. The average molecular weight is 354 g/mol. The largest absolute Gasteiger partial charge is 0.496 e. The van der Waals surface area contributed by atoms with E-state index in [9.17, 15) is 4.39 Å². The standard InChI is InChI=1S/C15H17BrFN3O/c1-21-15-5-2-10(16)6-9(15)7-14(20-19)12-8-11(17)3-4-13(12)18/h2-6,8,14,20H,7,18-19H2,1H3. The van der Waals surface area contributed by atoms with Crippen LogP contribution in [0.1, 0.15) is 17.2 Å². The molecule has 0 saturated carbocycles. The van der Waals surface area contributed by atoms with Crippen LogP contribution in [0.4, 0.5) is 10.1 Å². The van der Waals surface area contributed by atoms with Gasteiger partial charge in [-0.15, -0.1) is 0 Å². The van der Waals surface area contributed by atoms with E-state index < -0.39 is 0 Å². The van der Waals surface area contributed by atoms with Gasteiger partial charge in [-0.25, -0.2) is 4.39 Å². The summed E-state index contributed by atoms with van der Waals surface area (Å²) in [6.45, 7) is 0. The van der Waals surface area contributed by atoms with Crippen molar-refractivity contribution in [2.75, 3.05) is 12.8 Å². The molecule has 0 heterocycles. The summed E-state index contributed by atoms with van der Waals surface area (Å²) in [5.41, 5.74) is 10.7. The van der Waals surface area contributed by atoms with E-state index in [0.29, 0.717) is 17.7 Å². The first kappa shape index (κ1) is 15.8. The average Bonchev–Trinajstić information content (AvgIpc) is 2.47. The zero-order valence-corrected chi connectivity index (χ0v) is 13.2. The van der Waals surface area contributed by atoms with Crippen LogP contribution in [0.25, 0.3) is 0 Å². The molecule has 0 amide bonds. The van der Waals surface area contributed by atoms with Gasteiger partial charge in [0.2, 0.25) is 0 Å². The number of halogens is 2. The van der Waals surface area contributed by atoms with Crippen LogP contribution in [0.2, 0.25) is 0 Å². The van der Waals surface area contributed by atoms with Crippen LogP contribution in [0.5, 0.6) is 5.75 Å². The molecule has 0 radical (unpaired) electrons. The van der Waals surface area contributed by atoms with Crippen molar-refractivity contribution in [3.05, 3.63) is 57.8 Å². The Morgan fingerprint density at radius 2 is 2.05 bits per heavy atom. The maximum Gasteiger partial charge on any atom is 0.123 e. The predicted molar refractivity (Wildman–Crippen MR) is 85.3 cm³/mol. The first-order chi connectivity index (χ1) is 10.0. The molecule has 5 N–H and O–H groups in total. The third-order valence-corrected chi connectivity index (χ3v) is 3.79. The van der Waals surface area contributed by atoms with Crippen LogP contribution in [-0.2, 0) is 6.42 Å². The molecule has 2 rings (SSSR count). The molecule has 0 bridgehead atoms. The fraction of sp³-hybridized carbons (Fsp3) is 0.200. The Bertz CT molecular complexity index is 636. The molecular weight excluding hydrogens is 337 g/mol. The minimum atomic E-state index is -0.347. The summed E-state index contributed by atoms with van der Waals surface area (Å²) in [7, 11) is 1.61. The first-order valence-electron chi connectivity index (χ1n) is 6.38. The maximum atomic E-state index is 13.4. The molecule has 0 aromatic heterocycles. The van der Waals surface area contributed by atoms with Crippen molar-refractivity contribution in [1.82, 2.24) is 5.43 Å². The van der Waals surface area contributed by atoms with Crippen LogP contribution >= 0.6 is 15.9 Å². The number of nitrogens with two attached hydrogens (primary N) is 2. The third-order valence-electron chi connectivity index (χ3n) is 3.29. The van der Waals surface area contributed by atoms with Gasteiger partial charge < -0.3 is 10.5 Å². The number of anilines is 1. The minimum absolute atomic E-state index is 0.316. The predicted octanol–water partition coefficient (Wildman–Crippen LogP) is 2.93. The molecule has 2 aromatic carbocycles. The second-order valence-electron chi connectivity index (χ2n) is 4.65. The van der Waals surface area contributed by atoms with E-state index in [4.69, 9.17) is 16.3 Å². The molecule has 1 atom stereocenters. The molecule has 112 valence electrons. The minimum Gasteiger partial charge on any atom is -0.496 e. The Hall–Kier alpha value is -1.63. The summed E-state index contributed by atoms with van der Waals surface area (Å²) < 4.78 is 19.7. The van der Waals surface area contributed by atoms with Gasteiger partial charge in [-0.05, 0) is 53.9 Å². The molecule has 0 aliphatic carbocycles. The van der Waals surface area contributed by atoms with Crippen LogP contribution in [0, 0.1) is 5.82 Å². The number of hydrogen-bond acceptors (Lipinski definition) is 4. The van der Waals surface area contributed by atoms with Crippen molar-refractivity contribution in [2.45, 2.75) is 12.5 Å².